The Bertz CT molecular complexity index is 287. The van der Waals surface area contributed by atoms with Crippen molar-refractivity contribution in [3.05, 3.63) is 35.9 Å². The van der Waals surface area contributed by atoms with Crippen LogP contribution in [-0.4, -0.2) is 40.4 Å². The number of rotatable bonds is 6. The van der Waals surface area contributed by atoms with E-state index in [4.69, 9.17) is 5.11 Å². The van der Waals surface area contributed by atoms with Crippen molar-refractivity contribution < 1.29 is 10.2 Å². The zero-order valence-corrected chi connectivity index (χ0v) is 10.0. The van der Waals surface area contributed by atoms with Gasteiger partial charge in [-0.25, -0.2) is 0 Å². The maximum atomic E-state index is 9.46. The normalized spacial score (nSPS) is 13.4. The first-order chi connectivity index (χ1) is 7.63. The minimum absolute atomic E-state index is 0.183. The van der Waals surface area contributed by atoms with Gasteiger partial charge in [-0.05, 0) is 19.4 Å². The molecule has 3 nitrogen and oxygen atoms in total. The minimum atomic E-state index is -0.661. The highest BCUT2D eigenvalue weighted by Gasteiger charge is 2.14. The van der Waals surface area contributed by atoms with Gasteiger partial charge in [0, 0.05) is 19.1 Å². The standard InChI is InChI=1S/C13H21NO2/c1-11(2)14(9-13(16)10-15)8-12-6-4-3-5-7-12/h3-7,11,13,15-16H,8-10H2,1-2H3. The van der Waals surface area contributed by atoms with E-state index in [0.717, 1.165) is 6.54 Å². The molecule has 0 spiro atoms. The van der Waals surface area contributed by atoms with Gasteiger partial charge in [-0.3, -0.25) is 4.90 Å². The average Bonchev–Trinajstić information content (AvgIpc) is 2.29. The molecule has 1 aromatic carbocycles. The van der Waals surface area contributed by atoms with Gasteiger partial charge in [0.25, 0.3) is 0 Å². The first-order valence-corrected chi connectivity index (χ1v) is 5.70. The molecule has 0 aromatic heterocycles. The Hall–Kier alpha value is -0.900. The van der Waals surface area contributed by atoms with Crippen LogP contribution < -0.4 is 0 Å². The van der Waals surface area contributed by atoms with Crippen LogP contribution in [0.3, 0.4) is 0 Å². The molecule has 0 saturated carbocycles. The lowest BCUT2D eigenvalue weighted by Gasteiger charge is -2.28. The fourth-order valence-corrected chi connectivity index (χ4v) is 1.60. The highest BCUT2D eigenvalue weighted by molar-refractivity contribution is 5.14. The Kier molecular flexibility index (Phi) is 5.46. The smallest absolute Gasteiger partial charge is 0.0897 e. The lowest BCUT2D eigenvalue weighted by molar-refractivity contribution is 0.0464. The zero-order chi connectivity index (χ0) is 12.0. The van der Waals surface area contributed by atoms with Crippen LogP contribution >= 0.6 is 0 Å². The number of aliphatic hydroxyl groups is 2. The van der Waals surface area contributed by atoms with E-state index < -0.39 is 6.10 Å². The third-order valence-corrected chi connectivity index (χ3v) is 2.61. The predicted molar refractivity (Wildman–Crippen MR) is 65.1 cm³/mol. The van der Waals surface area contributed by atoms with Crippen molar-refractivity contribution in [2.24, 2.45) is 0 Å². The lowest BCUT2D eigenvalue weighted by Crippen LogP contribution is -2.38. The Balaban J connectivity index is 2.58. The van der Waals surface area contributed by atoms with E-state index >= 15 is 0 Å². The summed E-state index contributed by atoms with van der Waals surface area (Å²) in [7, 11) is 0. The van der Waals surface area contributed by atoms with Gasteiger partial charge in [0.05, 0.1) is 12.7 Å². The topological polar surface area (TPSA) is 43.7 Å². The van der Waals surface area contributed by atoms with Crippen LogP contribution in [0.1, 0.15) is 19.4 Å². The Morgan fingerprint density at radius 2 is 1.81 bits per heavy atom. The molecule has 0 aliphatic heterocycles. The molecule has 1 aromatic rings. The fourth-order valence-electron chi connectivity index (χ4n) is 1.60. The van der Waals surface area contributed by atoms with Crippen molar-refractivity contribution in [3.8, 4) is 0 Å². The SMILES string of the molecule is CC(C)N(Cc1ccccc1)CC(O)CO. The molecule has 1 unspecified atom stereocenters. The van der Waals surface area contributed by atoms with Crippen LogP contribution in [0, 0.1) is 0 Å². The van der Waals surface area contributed by atoms with Gasteiger partial charge in [0.1, 0.15) is 0 Å². The maximum Gasteiger partial charge on any atom is 0.0897 e. The monoisotopic (exact) mass is 223 g/mol. The van der Waals surface area contributed by atoms with Crippen LogP contribution in [-0.2, 0) is 6.54 Å². The van der Waals surface area contributed by atoms with Crippen LogP contribution in [0.4, 0.5) is 0 Å². The second kappa shape index (κ2) is 6.63. The second-order valence-electron chi connectivity index (χ2n) is 4.35. The molecule has 0 saturated heterocycles. The molecule has 0 aliphatic rings. The van der Waals surface area contributed by atoms with Gasteiger partial charge < -0.3 is 10.2 Å². The Morgan fingerprint density at radius 3 is 2.31 bits per heavy atom. The molecule has 0 amide bonds. The molecule has 1 atom stereocenters. The predicted octanol–water partition coefficient (Wildman–Crippen LogP) is 1.25. The number of aliphatic hydroxyl groups excluding tert-OH is 2. The minimum Gasteiger partial charge on any atom is -0.394 e. The lowest BCUT2D eigenvalue weighted by atomic mass is 10.1. The molecule has 2 N–H and O–H groups in total. The summed E-state index contributed by atoms with van der Waals surface area (Å²) < 4.78 is 0. The first kappa shape index (κ1) is 13.2. The quantitative estimate of drug-likeness (QED) is 0.763. The van der Waals surface area contributed by atoms with E-state index in [1.54, 1.807) is 0 Å². The van der Waals surface area contributed by atoms with Crippen LogP contribution in [0.15, 0.2) is 30.3 Å². The molecule has 16 heavy (non-hydrogen) atoms. The molecule has 0 heterocycles. The van der Waals surface area contributed by atoms with E-state index in [9.17, 15) is 5.11 Å². The molecule has 0 aliphatic carbocycles. The molecular weight excluding hydrogens is 202 g/mol. The summed E-state index contributed by atoms with van der Waals surface area (Å²) in [4.78, 5) is 2.15. The molecule has 3 heteroatoms. The van der Waals surface area contributed by atoms with Gasteiger partial charge in [-0.2, -0.15) is 0 Å². The second-order valence-corrected chi connectivity index (χ2v) is 4.35. The number of hydrogen-bond donors (Lipinski definition) is 2. The van der Waals surface area contributed by atoms with E-state index in [1.165, 1.54) is 5.56 Å². The molecule has 0 fully saturated rings. The van der Waals surface area contributed by atoms with E-state index in [-0.39, 0.29) is 6.61 Å². The maximum absolute atomic E-state index is 9.46. The Morgan fingerprint density at radius 1 is 1.19 bits per heavy atom. The number of nitrogens with zero attached hydrogens (tertiary/aromatic N) is 1. The summed E-state index contributed by atoms with van der Waals surface area (Å²) in [5.74, 6) is 0. The summed E-state index contributed by atoms with van der Waals surface area (Å²) in [5.41, 5.74) is 1.22. The van der Waals surface area contributed by atoms with Crippen molar-refractivity contribution in [2.45, 2.75) is 32.5 Å². The molecular formula is C13H21NO2. The van der Waals surface area contributed by atoms with Crippen molar-refractivity contribution in [2.75, 3.05) is 13.2 Å². The van der Waals surface area contributed by atoms with Gasteiger partial charge in [-0.15, -0.1) is 0 Å². The largest absolute Gasteiger partial charge is 0.394 e. The van der Waals surface area contributed by atoms with E-state index in [1.807, 2.05) is 18.2 Å². The molecule has 1 rings (SSSR count). The van der Waals surface area contributed by atoms with Gasteiger partial charge >= 0.3 is 0 Å². The third-order valence-electron chi connectivity index (χ3n) is 2.61. The van der Waals surface area contributed by atoms with Crippen LogP contribution in [0.2, 0.25) is 0 Å². The van der Waals surface area contributed by atoms with Gasteiger partial charge in [-0.1, -0.05) is 30.3 Å². The molecule has 90 valence electrons. The summed E-state index contributed by atoms with van der Waals surface area (Å²) in [6.07, 6.45) is -0.661. The van der Waals surface area contributed by atoms with Crippen molar-refractivity contribution in [1.82, 2.24) is 4.90 Å². The Labute approximate surface area is 97.3 Å². The van der Waals surface area contributed by atoms with Crippen molar-refractivity contribution in [3.63, 3.8) is 0 Å². The zero-order valence-electron chi connectivity index (χ0n) is 10.0. The first-order valence-electron chi connectivity index (χ1n) is 5.70. The summed E-state index contributed by atoms with van der Waals surface area (Å²) >= 11 is 0. The number of benzene rings is 1. The van der Waals surface area contributed by atoms with E-state index in [0.29, 0.717) is 12.6 Å². The van der Waals surface area contributed by atoms with Crippen molar-refractivity contribution >= 4 is 0 Å². The summed E-state index contributed by atoms with van der Waals surface area (Å²) in [6.45, 7) is 5.30. The van der Waals surface area contributed by atoms with Crippen LogP contribution in [0.25, 0.3) is 0 Å². The number of hydrogen-bond acceptors (Lipinski definition) is 3. The summed E-state index contributed by atoms with van der Waals surface area (Å²) in [5, 5.41) is 18.3. The highest BCUT2D eigenvalue weighted by atomic mass is 16.3. The van der Waals surface area contributed by atoms with Gasteiger partial charge in [0.15, 0.2) is 0 Å². The molecule has 0 radical (unpaired) electrons. The third kappa shape index (κ3) is 4.31. The van der Waals surface area contributed by atoms with Gasteiger partial charge in [0.2, 0.25) is 0 Å². The fraction of sp³-hybridized carbons (Fsp3) is 0.538. The molecule has 0 bridgehead atoms. The summed E-state index contributed by atoms with van der Waals surface area (Å²) in [6, 6.07) is 10.5. The van der Waals surface area contributed by atoms with Crippen molar-refractivity contribution in [1.29, 1.82) is 0 Å². The average molecular weight is 223 g/mol. The van der Waals surface area contributed by atoms with E-state index in [2.05, 4.69) is 30.9 Å². The highest BCUT2D eigenvalue weighted by Crippen LogP contribution is 2.08. The van der Waals surface area contributed by atoms with Crippen LogP contribution in [0.5, 0.6) is 0 Å².